The number of ketones is 1. The molecule has 5 atom stereocenters. The molecule has 27 nitrogen and oxygen atoms in total. The lowest BCUT2D eigenvalue weighted by atomic mass is 9.95. The van der Waals surface area contributed by atoms with Crippen LogP contribution in [-0.4, -0.2) is 166 Å². The van der Waals surface area contributed by atoms with Crippen LogP contribution in [0.4, 0.5) is 16.2 Å². The van der Waals surface area contributed by atoms with E-state index < -0.39 is 73.1 Å². The van der Waals surface area contributed by atoms with E-state index in [1.54, 1.807) is 54.0 Å². The molecule has 109 heavy (non-hydrogen) atoms. The van der Waals surface area contributed by atoms with Gasteiger partial charge in [0.05, 0.1) is 88.4 Å². The summed E-state index contributed by atoms with van der Waals surface area (Å²) in [4.78, 5) is 130. The Labute approximate surface area is 631 Å². The quantitative estimate of drug-likeness (QED) is 0.0263. The van der Waals surface area contributed by atoms with Crippen molar-refractivity contribution in [3.63, 3.8) is 0 Å². The average Bonchev–Trinajstić information content (AvgIpc) is 1.57. The van der Waals surface area contributed by atoms with Crippen molar-refractivity contribution in [3.05, 3.63) is 172 Å². The number of Topliss-reactive ketones (excluding diaryl/α,β-unsaturated/α-hetero) is 1. The van der Waals surface area contributed by atoms with Crippen LogP contribution in [0, 0.1) is 11.3 Å². The van der Waals surface area contributed by atoms with E-state index in [2.05, 4.69) is 31.6 Å². The van der Waals surface area contributed by atoms with Gasteiger partial charge in [-0.2, -0.15) is 0 Å². The Morgan fingerprint density at radius 1 is 0.679 bits per heavy atom. The molecule has 1 aliphatic carbocycles. The van der Waals surface area contributed by atoms with Crippen molar-refractivity contribution in [1.82, 2.24) is 46.1 Å². The molecule has 0 bridgehead atoms. The monoisotopic (exact) mass is 1490 g/mol. The molecule has 1 spiro atoms. The van der Waals surface area contributed by atoms with E-state index in [1.165, 1.54) is 33.3 Å². The van der Waals surface area contributed by atoms with Crippen LogP contribution in [0.2, 0.25) is 0 Å². The smallest absolute Gasteiger partial charge is 0.416 e. The second-order valence-corrected chi connectivity index (χ2v) is 29.4. The van der Waals surface area contributed by atoms with Gasteiger partial charge in [0.1, 0.15) is 18.3 Å². The highest BCUT2D eigenvalue weighted by molar-refractivity contribution is 6.07. The molecule has 13 rings (SSSR count). The number of fused-ring (bicyclic) bond motifs is 9. The molecule has 2 fully saturated rings. The Bertz CT molecular complexity index is 4700. The fourth-order valence-corrected chi connectivity index (χ4v) is 15.0. The third-order valence-corrected chi connectivity index (χ3v) is 21.3. The van der Waals surface area contributed by atoms with Crippen molar-refractivity contribution in [2.75, 3.05) is 56.9 Å². The number of aryl methyl sites for hydroxylation is 1. The molecular weight excluding hydrogens is 1390 g/mol. The third-order valence-electron chi connectivity index (χ3n) is 21.3. The van der Waals surface area contributed by atoms with Gasteiger partial charge in [-0.1, -0.05) is 110 Å². The Morgan fingerprint density at radius 2 is 1.34 bits per heavy atom. The predicted octanol–water partition coefficient (Wildman–Crippen LogP) is 8.54. The first-order valence-electron chi connectivity index (χ1n) is 37.1. The number of nitrogens with one attached hydrogen (secondary N) is 4. The Hall–Kier alpha value is -11.5. The summed E-state index contributed by atoms with van der Waals surface area (Å²) in [5.41, 5.74) is 10.1. The lowest BCUT2D eigenvalue weighted by Gasteiger charge is -2.31. The van der Waals surface area contributed by atoms with Gasteiger partial charge in [0.15, 0.2) is 35.0 Å². The molecule has 1 aromatic heterocycles. The molecule has 5 aliphatic heterocycles. The van der Waals surface area contributed by atoms with E-state index in [0.29, 0.717) is 71.8 Å². The van der Waals surface area contributed by atoms with Crippen LogP contribution in [0.15, 0.2) is 128 Å². The van der Waals surface area contributed by atoms with E-state index in [4.69, 9.17) is 23.7 Å². The first-order chi connectivity index (χ1) is 52.5. The van der Waals surface area contributed by atoms with E-state index in [9.17, 15) is 53.4 Å². The molecule has 1 saturated heterocycles. The van der Waals surface area contributed by atoms with Crippen molar-refractivity contribution in [3.8, 4) is 45.5 Å². The number of amides is 8. The maximum atomic E-state index is 14.5. The topological polar surface area (TPSA) is 332 Å². The maximum Gasteiger partial charge on any atom is 0.416 e. The summed E-state index contributed by atoms with van der Waals surface area (Å²) in [6.45, 7) is 8.65. The second-order valence-electron chi connectivity index (χ2n) is 29.4. The van der Waals surface area contributed by atoms with Gasteiger partial charge in [-0.15, -0.1) is 5.10 Å². The number of rotatable bonds is 27. The van der Waals surface area contributed by atoms with E-state index in [-0.39, 0.29) is 116 Å². The molecule has 0 radical (unpaired) electrons. The van der Waals surface area contributed by atoms with Gasteiger partial charge < -0.3 is 69.9 Å². The first-order valence-corrected chi connectivity index (χ1v) is 37.1. The molecule has 27 heteroatoms. The summed E-state index contributed by atoms with van der Waals surface area (Å²) in [5, 5.41) is 41.1. The van der Waals surface area contributed by atoms with Crippen molar-refractivity contribution in [1.29, 1.82) is 0 Å². The lowest BCUT2D eigenvalue weighted by Crippen LogP contribution is -2.54. The van der Waals surface area contributed by atoms with Crippen LogP contribution in [0.25, 0.3) is 28.1 Å². The summed E-state index contributed by atoms with van der Waals surface area (Å²) in [6.07, 6.45) is 3.77. The number of aromatic nitrogens is 3. The largest absolute Gasteiger partial charge is 0.493 e. The molecule has 570 valence electrons. The van der Waals surface area contributed by atoms with Gasteiger partial charge in [-0.25, -0.2) is 14.4 Å². The minimum Gasteiger partial charge on any atom is -0.493 e. The number of hydrogen-bond donors (Lipinski definition) is 6. The van der Waals surface area contributed by atoms with Gasteiger partial charge in [0.25, 0.3) is 11.8 Å². The number of nitrogens with zero attached hydrogens (tertiary/aromatic N) is 7. The highest BCUT2D eigenvalue weighted by Gasteiger charge is 2.58. The number of para-hydroxylation sites is 1. The number of ether oxygens (including phenoxy) is 5. The van der Waals surface area contributed by atoms with Crippen molar-refractivity contribution >= 4 is 70.2 Å². The third kappa shape index (κ3) is 16.4. The van der Waals surface area contributed by atoms with Crippen molar-refractivity contribution < 1.29 is 77.0 Å². The lowest BCUT2D eigenvalue weighted by molar-refractivity contribution is -0.132. The van der Waals surface area contributed by atoms with Crippen molar-refractivity contribution in [2.45, 2.75) is 155 Å². The Kier molecular flexibility index (Phi) is 22.6. The van der Waals surface area contributed by atoms with Crippen LogP contribution in [0.5, 0.6) is 23.0 Å². The van der Waals surface area contributed by atoms with Crippen LogP contribution in [-0.2, 0) is 66.1 Å². The average molecular weight is 1490 g/mol. The SMILES string of the molecule is COc1cc2c(cc1OCCCOc1cc3c(cc1OC)C(=O)N1CC4(CC4)C[C@H]1C(O)N3C(=O)OCc1ccc(CC(=O)[C@H](C)NC(=O)[C@@H](NC(=O)CNC(=O)CNC(=O)CCC(=O)N3Cc4ccccc4-c4c(nnn4C(C)C)-c4ccccc43)C(C)C)cc1)CC[C@@H]1CC(c3ccc(CO)cc3)=CN1C2=O. The molecule has 6 aliphatic rings. The Morgan fingerprint density at radius 3 is 2.04 bits per heavy atom. The zero-order valence-corrected chi connectivity index (χ0v) is 62.1. The highest BCUT2D eigenvalue weighted by Crippen LogP contribution is 2.57. The standard InChI is InChI=1S/C82H91N11O16/c1-47(2)74(86-72(98)41-84-71(97)40-83-70(96)27-28-73(99)90-42-55-13-8-9-14-58(55)76-75(87-88-93(76)48(3)4)59-15-10-11-16-62(59)90)77(100)85-49(5)65(95)33-50-17-19-52(20-18-50)45-109-81(104)92-63-38-69(67(106-7)37-61(63)79(102)91-46-82(29-30-82)39-64(91)80(92)103)108-32-12-31-107-68-35-54-25-26-57-34-56(53-23-21-51(44-94)22-24-53)43-89(57)78(101)60(54)36-66(68)105-6/h8-11,13-24,35-38,43,47-49,57,64,74,80,94,103H,12,25-34,39-42,44-46H2,1-7H3,(H,83,96)(H,84,97)(H,85,100)(H,86,98)/t49-,57+,64-,74-,80?/m0/s1. The molecule has 7 aromatic rings. The van der Waals surface area contributed by atoms with Crippen LogP contribution in [0.3, 0.4) is 0 Å². The maximum absolute atomic E-state index is 14.5. The van der Waals surface area contributed by atoms with E-state index >= 15 is 0 Å². The van der Waals surface area contributed by atoms with E-state index in [1.807, 2.05) is 108 Å². The number of methoxy groups -OCH3 is 2. The molecular formula is C82H91N11O16. The first kappa shape index (κ1) is 75.8. The number of benzene rings is 6. The fourth-order valence-electron chi connectivity index (χ4n) is 15.0. The van der Waals surface area contributed by atoms with Crippen LogP contribution in [0.1, 0.15) is 146 Å². The molecule has 6 N–H and O–H groups in total. The minimum atomic E-state index is -1.49. The minimum absolute atomic E-state index is 0.0146. The van der Waals surface area contributed by atoms with Gasteiger partial charge in [0, 0.05) is 73.3 Å². The number of anilines is 2. The van der Waals surface area contributed by atoms with Gasteiger partial charge in [-0.3, -0.25) is 38.4 Å². The normalized spacial score (nSPS) is 17.6. The van der Waals surface area contributed by atoms with Gasteiger partial charge in [-0.05, 0) is 134 Å². The van der Waals surface area contributed by atoms with Gasteiger partial charge in [0.2, 0.25) is 29.5 Å². The fraction of sp³-hybridized carbons (Fsp3) is 0.402. The summed E-state index contributed by atoms with van der Waals surface area (Å²) < 4.78 is 31.9. The van der Waals surface area contributed by atoms with Gasteiger partial charge >= 0.3 is 6.09 Å². The zero-order chi connectivity index (χ0) is 76.9. The summed E-state index contributed by atoms with van der Waals surface area (Å²) in [7, 11) is 2.97. The second kappa shape index (κ2) is 32.6. The number of aliphatic hydroxyl groups excluding tert-OH is 2. The number of carbonyl (C=O) groups is 9. The number of carbonyl (C=O) groups excluding carboxylic acids is 9. The van der Waals surface area contributed by atoms with Crippen LogP contribution < -0.4 is 50.0 Å². The number of aliphatic hydroxyl groups is 2. The summed E-state index contributed by atoms with van der Waals surface area (Å²) in [6, 6.07) is 33.5. The van der Waals surface area contributed by atoms with E-state index in [0.717, 1.165) is 68.8 Å². The molecule has 8 amide bonds. The highest BCUT2D eigenvalue weighted by atomic mass is 16.6. The number of hydrogen-bond acceptors (Lipinski definition) is 18. The molecule has 6 aromatic carbocycles. The summed E-state index contributed by atoms with van der Waals surface area (Å²) >= 11 is 0. The zero-order valence-electron chi connectivity index (χ0n) is 62.1. The Balaban J connectivity index is 0.569. The molecule has 1 unspecified atom stereocenters. The van der Waals surface area contributed by atoms with Crippen LogP contribution >= 0.6 is 0 Å². The molecule has 1 saturated carbocycles. The predicted molar refractivity (Wildman–Crippen MR) is 402 cm³/mol. The molecule has 6 heterocycles. The summed E-state index contributed by atoms with van der Waals surface area (Å²) in [5.74, 6) is -2.84. The van der Waals surface area contributed by atoms with Crippen molar-refractivity contribution in [2.24, 2.45) is 11.3 Å².